The van der Waals surface area contributed by atoms with Gasteiger partial charge in [0.2, 0.25) is 5.91 Å². The highest BCUT2D eigenvalue weighted by Crippen LogP contribution is 2.30. The van der Waals surface area contributed by atoms with Crippen molar-refractivity contribution in [3.63, 3.8) is 0 Å². The summed E-state index contributed by atoms with van der Waals surface area (Å²) in [5.41, 5.74) is 1.33. The molecule has 4 nitrogen and oxygen atoms in total. The number of rotatable bonds is 5. The minimum Gasteiger partial charge on any atom is -0.325 e. The Morgan fingerprint density at radius 2 is 1.96 bits per heavy atom. The monoisotopic (exact) mass is 391 g/mol. The number of benzene rings is 2. The van der Waals surface area contributed by atoms with Gasteiger partial charge in [0, 0.05) is 23.8 Å². The fraction of sp³-hybridized carbons (Fsp3) is 0.158. The molecule has 0 radical (unpaired) electrons. The normalized spacial score (nSPS) is 11.4. The number of aryl methyl sites for hydroxylation is 1. The molecule has 0 saturated heterocycles. The second-order valence-corrected chi connectivity index (χ2v) is 6.78. The van der Waals surface area contributed by atoms with Gasteiger partial charge in [0.25, 0.3) is 0 Å². The van der Waals surface area contributed by atoms with Gasteiger partial charge in [-0.3, -0.25) is 9.36 Å². The summed E-state index contributed by atoms with van der Waals surface area (Å²) in [7, 11) is 0. The molecule has 1 N–H and O–H groups in total. The van der Waals surface area contributed by atoms with Gasteiger partial charge < -0.3 is 5.32 Å². The van der Waals surface area contributed by atoms with Crippen LogP contribution >= 0.6 is 11.8 Å². The van der Waals surface area contributed by atoms with Crippen LogP contribution in [0.1, 0.15) is 11.1 Å². The van der Waals surface area contributed by atoms with E-state index >= 15 is 0 Å². The van der Waals surface area contributed by atoms with Crippen molar-refractivity contribution in [3.05, 3.63) is 72.1 Å². The summed E-state index contributed by atoms with van der Waals surface area (Å²) in [5.74, 6) is -0.378. The van der Waals surface area contributed by atoms with Crippen LogP contribution in [0.3, 0.4) is 0 Å². The fourth-order valence-electron chi connectivity index (χ4n) is 2.47. The van der Waals surface area contributed by atoms with Gasteiger partial charge >= 0.3 is 6.18 Å². The number of carbonyl (C=O) groups is 1. The highest BCUT2D eigenvalue weighted by molar-refractivity contribution is 7.99. The zero-order valence-electron chi connectivity index (χ0n) is 14.3. The number of halogens is 3. The van der Waals surface area contributed by atoms with Crippen molar-refractivity contribution in [2.45, 2.75) is 18.3 Å². The number of imidazole rings is 1. The summed E-state index contributed by atoms with van der Waals surface area (Å²) >= 11 is 1.21. The Balaban J connectivity index is 1.65. The molecule has 3 rings (SSSR count). The third kappa shape index (κ3) is 4.91. The minimum absolute atomic E-state index is 0.0269. The van der Waals surface area contributed by atoms with E-state index in [0.717, 1.165) is 23.4 Å². The Kier molecular flexibility index (Phi) is 5.55. The third-order valence-corrected chi connectivity index (χ3v) is 4.66. The van der Waals surface area contributed by atoms with Gasteiger partial charge in [-0.05, 0) is 42.8 Å². The van der Waals surface area contributed by atoms with E-state index < -0.39 is 17.6 Å². The van der Waals surface area contributed by atoms with Crippen LogP contribution in [0.2, 0.25) is 0 Å². The van der Waals surface area contributed by atoms with E-state index in [1.54, 1.807) is 12.4 Å². The molecule has 0 unspecified atom stereocenters. The molecule has 2 aromatic carbocycles. The molecule has 0 spiro atoms. The lowest BCUT2D eigenvalue weighted by atomic mass is 10.2. The average molecular weight is 391 g/mol. The summed E-state index contributed by atoms with van der Waals surface area (Å²) in [4.78, 5) is 16.4. The Labute approximate surface area is 158 Å². The van der Waals surface area contributed by atoms with Gasteiger partial charge in [-0.15, -0.1) is 0 Å². The predicted octanol–water partition coefficient (Wildman–Crippen LogP) is 4.93. The maximum atomic E-state index is 12.7. The number of anilines is 1. The summed E-state index contributed by atoms with van der Waals surface area (Å²) in [6, 6.07) is 12.4. The second-order valence-electron chi connectivity index (χ2n) is 5.83. The molecule has 0 fully saturated rings. The van der Waals surface area contributed by atoms with Gasteiger partial charge in [-0.2, -0.15) is 13.2 Å². The molecular formula is C19H16F3N3OS. The molecule has 0 atom stereocenters. The van der Waals surface area contributed by atoms with Crippen molar-refractivity contribution < 1.29 is 18.0 Å². The molecule has 0 saturated carbocycles. The largest absolute Gasteiger partial charge is 0.416 e. The number of amides is 1. The molecule has 0 aliphatic rings. The number of hydrogen-bond acceptors (Lipinski definition) is 3. The Hall–Kier alpha value is -2.74. The highest BCUT2D eigenvalue weighted by Gasteiger charge is 2.30. The third-order valence-electron chi connectivity index (χ3n) is 3.69. The lowest BCUT2D eigenvalue weighted by molar-refractivity contribution is -0.137. The standard InChI is InChI=1S/C19H16F3N3OS/c1-13-4-2-7-16(10-13)25-9-8-23-18(25)27-12-17(26)24-15-6-3-5-14(11-15)19(20,21)22/h2-11H,12H2,1H3,(H,24,26). The number of aromatic nitrogens is 2. The number of nitrogens with one attached hydrogen (secondary N) is 1. The van der Waals surface area contributed by atoms with E-state index in [-0.39, 0.29) is 11.4 Å². The van der Waals surface area contributed by atoms with E-state index in [0.29, 0.717) is 5.16 Å². The summed E-state index contributed by atoms with van der Waals surface area (Å²) in [6.45, 7) is 1.98. The smallest absolute Gasteiger partial charge is 0.325 e. The van der Waals surface area contributed by atoms with Crippen LogP contribution in [-0.4, -0.2) is 21.2 Å². The van der Waals surface area contributed by atoms with Crippen molar-refractivity contribution in [1.29, 1.82) is 0 Å². The van der Waals surface area contributed by atoms with Crippen LogP contribution in [0.25, 0.3) is 5.69 Å². The first-order valence-corrected chi connectivity index (χ1v) is 9.02. The quantitative estimate of drug-likeness (QED) is 0.628. The molecule has 3 aromatic rings. The van der Waals surface area contributed by atoms with Gasteiger partial charge in [-0.1, -0.05) is 30.0 Å². The Morgan fingerprint density at radius 1 is 1.19 bits per heavy atom. The van der Waals surface area contributed by atoms with Crippen molar-refractivity contribution >= 4 is 23.4 Å². The number of nitrogens with zero attached hydrogens (tertiary/aromatic N) is 2. The van der Waals surface area contributed by atoms with Crippen LogP contribution in [0.5, 0.6) is 0 Å². The lowest BCUT2D eigenvalue weighted by Crippen LogP contribution is -2.15. The van der Waals surface area contributed by atoms with Gasteiger partial charge in [0.1, 0.15) is 0 Å². The van der Waals surface area contributed by atoms with Crippen LogP contribution in [0, 0.1) is 6.92 Å². The molecule has 8 heteroatoms. The van der Waals surface area contributed by atoms with Crippen LogP contribution in [-0.2, 0) is 11.0 Å². The zero-order chi connectivity index (χ0) is 19.4. The number of thioether (sulfide) groups is 1. The first-order valence-electron chi connectivity index (χ1n) is 8.03. The maximum absolute atomic E-state index is 12.7. The predicted molar refractivity (Wildman–Crippen MR) is 99.1 cm³/mol. The van der Waals surface area contributed by atoms with E-state index in [1.807, 2.05) is 35.8 Å². The summed E-state index contributed by atoms with van der Waals surface area (Å²) < 4.78 is 40.1. The lowest BCUT2D eigenvalue weighted by Gasteiger charge is -2.10. The van der Waals surface area contributed by atoms with Gasteiger partial charge in [0.15, 0.2) is 5.16 Å². The molecule has 27 heavy (non-hydrogen) atoms. The summed E-state index contributed by atoms with van der Waals surface area (Å²) in [6.07, 6.45) is -1.02. The molecule has 0 aliphatic heterocycles. The molecule has 0 bridgehead atoms. The molecule has 1 aromatic heterocycles. The first-order chi connectivity index (χ1) is 12.8. The number of carbonyl (C=O) groups excluding carboxylic acids is 1. The Bertz CT molecular complexity index is 953. The topological polar surface area (TPSA) is 46.9 Å². The van der Waals surface area contributed by atoms with Gasteiger partial charge in [-0.25, -0.2) is 4.98 Å². The summed E-state index contributed by atoms with van der Waals surface area (Å²) in [5, 5.41) is 3.11. The van der Waals surface area contributed by atoms with Crippen molar-refractivity contribution in [1.82, 2.24) is 9.55 Å². The van der Waals surface area contributed by atoms with E-state index in [4.69, 9.17) is 0 Å². The first kappa shape index (κ1) is 19.0. The molecule has 1 amide bonds. The minimum atomic E-state index is -4.45. The van der Waals surface area contributed by atoms with Crippen LogP contribution < -0.4 is 5.32 Å². The van der Waals surface area contributed by atoms with Crippen molar-refractivity contribution in [3.8, 4) is 5.69 Å². The maximum Gasteiger partial charge on any atom is 0.416 e. The second kappa shape index (κ2) is 7.87. The molecule has 0 aliphatic carbocycles. The van der Waals surface area contributed by atoms with E-state index in [9.17, 15) is 18.0 Å². The molecule has 1 heterocycles. The van der Waals surface area contributed by atoms with E-state index in [1.165, 1.54) is 23.9 Å². The van der Waals surface area contributed by atoms with Crippen molar-refractivity contribution in [2.75, 3.05) is 11.1 Å². The number of alkyl halides is 3. The van der Waals surface area contributed by atoms with Crippen LogP contribution in [0.15, 0.2) is 66.1 Å². The number of hydrogen-bond donors (Lipinski definition) is 1. The highest BCUT2D eigenvalue weighted by atomic mass is 32.2. The van der Waals surface area contributed by atoms with Crippen LogP contribution in [0.4, 0.5) is 18.9 Å². The van der Waals surface area contributed by atoms with Crippen molar-refractivity contribution in [2.24, 2.45) is 0 Å². The Morgan fingerprint density at radius 3 is 2.70 bits per heavy atom. The molecular weight excluding hydrogens is 375 g/mol. The average Bonchev–Trinajstić information content (AvgIpc) is 3.08. The van der Waals surface area contributed by atoms with E-state index in [2.05, 4.69) is 10.3 Å². The SMILES string of the molecule is Cc1cccc(-n2ccnc2SCC(=O)Nc2cccc(C(F)(F)F)c2)c1. The van der Waals surface area contributed by atoms with Gasteiger partial charge in [0.05, 0.1) is 11.3 Å². The zero-order valence-corrected chi connectivity index (χ0v) is 15.1. The molecule has 140 valence electrons. The fourth-order valence-corrected chi connectivity index (χ4v) is 3.24.